The molecule has 0 aromatic carbocycles. The molecule has 2 fully saturated rings. The lowest BCUT2D eigenvalue weighted by Gasteiger charge is -2.27. The second-order valence-corrected chi connectivity index (χ2v) is 7.78. The lowest BCUT2D eigenvalue weighted by molar-refractivity contribution is 0.384. The van der Waals surface area contributed by atoms with E-state index in [1.807, 2.05) is 0 Å². The largest absolute Gasteiger partial charge is 0.314 e. The van der Waals surface area contributed by atoms with Crippen LogP contribution in [0.15, 0.2) is 0 Å². The molecule has 0 saturated carbocycles. The Morgan fingerprint density at radius 1 is 1.35 bits per heavy atom. The fraction of sp³-hybridized carbons (Fsp3) is 1.00. The molecule has 4 nitrogen and oxygen atoms in total. The first kappa shape index (κ1) is 13.3. The van der Waals surface area contributed by atoms with E-state index in [1.165, 1.54) is 12.8 Å². The standard InChI is InChI=1S/C12H24N2O2S/c1-10(8-11-4-2-6-13-11)14-12-5-3-7-17(15,16)9-12/h10-14H,2-9H2,1H3. The van der Waals surface area contributed by atoms with Gasteiger partial charge in [-0.25, -0.2) is 8.42 Å². The van der Waals surface area contributed by atoms with E-state index >= 15 is 0 Å². The summed E-state index contributed by atoms with van der Waals surface area (Å²) >= 11 is 0. The molecule has 2 saturated heterocycles. The van der Waals surface area contributed by atoms with Crippen LogP contribution in [0.2, 0.25) is 0 Å². The monoisotopic (exact) mass is 260 g/mol. The highest BCUT2D eigenvalue weighted by molar-refractivity contribution is 7.91. The summed E-state index contributed by atoms with van der Waals surface area (Å²) in [4.78, 5) is 0. The van der Waals surface area contributed by atoms with Gasteiger partial charge in [0.2, 0.25) is 0 Å². The van der Waals surface area contributed by atoms with Crippen LogP contribution < -0.4 is 10.6 Å². The molecule has 2 rings (SSSR count). The Morgan fingerprint density at radius 2 is 2.18 bits per heavy atom. The second-order valence-electron chi connectivity index (χ2n) is 5.55. The van der Waals surface area contributed by atoms with Crippen LogP contribution in [-0.4, -0.2) is 44.6 Å². The van der Waals surface area contributed by atoms with Crippen LogP contribution in [0.1, 0.15) is 39.0 Å². The molecule has 17 heavy (non-hydrogen) atoms. The van der Waals surface area contributed by atoms with Gasteiger partial charge >= 0.3 is 0 Å². The van der Waals surface area contributed by atoms with E-state index in [-0.39, 0.29) is 6.04 Å². The summed E-state index contributed by atoms with van der Waals surface area (Å²) in [5.74, 6) is 0.708. The Labute approximate surface area is 104 Å². The SMILES string of the molecule is CC(CC1CCCN1)NC1CCCS(=O)(=O)C1. The van der Waals surface area contributed by atoms with Crippen molar-refractivity contribution in [2.75, 3.05) is 18.1 Å². The predicted molar refractivity (Wildman–Crippen MR) is 69.9 cm³/mol. The van der Waals surface area contributed by atoms with Crippen LogP contribution in [0.4, 0.5) is 0 Å². The topological polar surface area (TPSA) is 58.2 Å². The van der Waals surface area contributed by atoms with E-state index in [0.717, 1.165) is 25.8 Å². The maximum absolute atomic E-state index is 11.5. The first-order chi connectivity index (χ1) is 8.05. The van der Waals surface area contributed by atoms with Crippen molar-refractivity contribution in [1.29, 1.82) is 0 Å². The summed E-state index contributed by atoms with van der Waals surface area (Å²) < 4.78 is 23.1. The number of rotatable bonds is 4. The quantitative estimate of drug-likeness (QED) is 0.780. The first-order valence-corrected chi connectivity index (χ1v) is 8.57. The molecular formula is C12H24N2O2S. The maximum Gasteiger partial charge on any atom is 0.151 e. The summed E-state index contributed by atoms with van der Waals surface area (Å²) in [6.07, 6.45) is 5.46. The molecule has 3 atom stereocenters. The Morgan fingerprint density at radius 3 is 2.82 bits per heavy atom. The fourth-order valence-corrected chi connectivity index (χ4v) is 4.66. The van der Waals surface area contributed by atoms with Crippen molar-refractivity contribution < 1.29 is 8.42 Å². The van der Waals surface area contributed by atoms with Crippen molar-refractivity contribution in [2.45, 2.75) is 57.2 Å². The minimum atomic E-state index is -2.78. The zero-order valence-corrected chi connectivity index (χ0v) is 11.4. The minimum Gasteiger partial charge on any atom is -0.314 e. The Balaban J connectivity index is 1.75. The van der Waals surface area contributed by atoms with E-state index in [0.29, 0.717) is 23.6 Å². The molecule has 0 spiro atoms. The highest BCUT2D eigenvalue weighted by Crippen LogP contribution is 2.15. The van der Waals surface area contributed by atoms with Crippen LogP contribution >= 0.6 is 0 Å². The summed E-state index contributed by atoms with van der Waals surface area (Å²) in [6.45, 7) is 3.30. The molecule has 0 aromatic heterocycles. The van der Waals surface area contributed by atoms with Gasteiger partial charge in [-0.2, -0.15) is 0 Å². The highest BCUT2D eigenvalue weighted by atomic mass is 32.2. The second kappa shape index (κ2) is 5.67. The zero-order chi connectivity index (χ0) is 12.3. The number of hydrogen-bond donors (Lipinski definition) is 2. The maximum atomic E-state index is 11.5. The molecule has 2 aliphatic rings. The van der Waals surface area contributed by atoms with Gasteiger partial charge < -0.3 is 10.6 Å². The third kappa shape index (κ3) is 4.23. The first-order valence-electron chi connectivity index (χ1n) is 6.75. The molecule has 2 heterocycles. The molecule has 100 valence electrons. The Hall–Kier alpha value is -0.130. The van der Waals surface area contributed by atoms with E-state index in [2.05, 4.69) is 17.6 Å². The smallest absolute Gasteiger partial charge is 0.151 e. The van der Waals surface area contributed by atoms with E-state index in [4.69, 9.17) is 0 Å². The normalized spacial score (nSPS) is 34.6. The molecule has 0 radical (unpaired) electrons. The van der Waals surface area contributed by atoms with E-state index in [1.54, 1.807) is 0 Å². The van der Waals surface area contributed by atoms with Crippen LogP contribution in [-0.2, 0) is 9.84 Å². The van der Waals surface area contributed by atoms with Gasteiger partial charge in [-0.3, -0.25) is 0 Å². The predicted octanol–water partition coefficient (Wildman–Crippen LogP) is 0.684. The number of hydrogen-bond acceptors (Lipinski definition) is 4. The van der Waals surface area contributed by atoms with Gasteiger partial charge in [0.1, 0.15) is 0 Å². The number of sulfone groups is 1. The van der Waals surface area contributed by atoms with Gasteiger partial charge in [0.15, 0.2) is 9.84 Å². The Kier molecular flexibility index (Phi) is 4.44. The van der Waals surface area contributed by atoms with E-state index < -0.39 is 9.84 Å². The average molecular weight is 260 g/mol. The van der Waals surface area contributed by atoms with Crippen molar-refractivity contribution in [1.82, 2.24) is 10.6 Å². The summed E-state index contributed by atoms with van der Waals surface area (Å²) in [5.41, 5.74) is 0. The van der Waals surface area contributed by atoms with Crippen molar-refractivity contribution in [3.05, 3.63) is 0 Å². The minimum absolute atomic E-state index is 0.171. The molecule has 0 bridgehead atoms. The molecule has 5 heteroatoms. The van der Waals surface area contributed by atoms with Crippen LogP contribution in [0.3, 0.4) is 0 Å². The molecular weight excluding hydrogens is 236 g/mol. The van der Waals surface area contributed by atoms with Gasteiger partial charge in [0.05, 0.1) is 11.5 Å². The lowest BCUT2D eigenvalue weighted by Crippen LogP contribution is -2.45. The molecule has 0 amide bonds. The van der Waals surface area contributed by atoms with Crippen molar-refractivity contribution in [2.24, 2.45) is 0 Å². The van der Waals surface area contributed by atoms with Crippen LogP contribution in [0, 0.1) is 0 Å². The number of nitrogens with one attached hydrogen (secondary N) is 2. The van der Waals surface area contributed by atoms with Crippen molar-refractivity contribution >= 4 is 9.84 Å². The third-order valence-electron chi connectivity index (χ3n) is 3.78. The summed E-state index contributed by atoms with van der Waals surface area (Å²) in [7, 11) is -2.78. The summed E-state index contributed by atoms with van der Waals surface area (Å²) in [5, 5.41) is 6.96. The summed E-state index contributed by atoms with van der Waals surface area (Å²) in [6, 6.07) is 1.20. The van der Waals surface area contributed by atoms with Gasteiger partial charge in [-0.15, -0.1) is 0 Å². The highest BCUT2D eigenvalue weighted by Gasteiger charge is 2.26. The molecule has 2 aliphatic heterocycles. The van der Waals surface area contributed by atoms with Gasteiger partial charge in [0, 0.05) is 18.1 Å². The average Bonchev–Trinajstić information content (AvgIpc) is 2.68. The van der Waals surface area contributed by atoms with Crippen LogP contribution in [0.5, 0.6) is 0 Å². The van der Waals surface area contributed by atoms with Crippen LogP contribution in [0.25, 0.3) is 0 Å². The van der Waals surface area contributed by atoms with Gasteiger partial charge in [-0.05, 0) is 45.6 Å². The molecule has 0 aromatic rings. The van der Waals surface area contributed by atoms with E-state index in [9.17, 15) is 8.42 Å². The fourth-order valence-electron chi connectivity index (χ4n) is 3.01. The third-order valence-corrected chi connectivity index (χ3v) is 5.60. The molecule has 3 unspecified atom stereocenters. The molecule has 0 aliphatic carbocycles. The molecule has 2 N–H and O–H groups in total. The lowest BCUT2D eigenvalue weighted by atomic mass is 10.1. The van der Waals surface area contributed by atoms with Gasteiger partial charge in [-0.1, -0.05) is 0 Å². The van der Waals surface area contributed by atoms with Crippen molar-refractivity contribution in [3.63, 3.8) is 0 Å². The van der Waals surface area contributed by atoms with Crippen molar-refractivity contribution in [3.8, 4) is 0 Å². The zero-order valence-electron chi connectivity index (χ0n) is 10.6. The Bertz CT molecular complexity index is 336. The van der Waals surface area contributed by atoms with Gasteiger partial charge in [0.25, 0.3) is 0 Å².